The van der Waals surface area contributed by atoms with Crippen LogP contribution in [0.5, 0.6) is 5.88 Å². The number of hydrogen-bond acceptors (Lipinski definition) is 10. The van der Waals surface area contributed by atoms with Crippen LogP contribution in [0.1, 0.15) is 225 Å². The molecule has 5 fully saturated rings. The number of rotatable bonds is 25. The van der Waals surface area contributed by atoms with E-state index in [4.69, 9.17) is 9.47 Å². The zero-order chi connectivity index (χ0) is 59.5. The second kappa shape index (κ2) is 26.0. The Balaban J connectivity index is 0.951. The third-order valence-corrected chi connectivity index (χ3v) is 18.9. The van der Waals surface area contributed by atoms with Crippen LogP contribution >= 0.6 is 0 Å². The van der Waals surface area contributed by atoms with Crippen LogP contribution in [0.15, 0.2) is 66.9 Å². The summed E-state index contributed by atoms with van der Waals surface area (Å²) >= 11 is 0. The van der Waals surface area contributed by atoms with Crippen molar-refractivity contribution in [3.05, 3.63) is 83.6 Å². The molecule has 0 radical (unpaired) electrons. The van der Waals surface area contributed by atoms with Crippen molar-refractivity contribution in [2.24, 2.45) is 16.2 Å². The molecule has 0 spiro atoms. The summed E-state index contributed by atoms with van der Waals surface area (Å²) in [4.78, 5) is 12.5. The Morgan fingerprint density at radius 2 is 0.963 bits per heavy atom. The topological polar surface area (TPSA) is 89.2 Å². The van der Waals surface area contributed by atoms with Gasteiger partial charge in [-0.1, -0.05) is 93.5 Å². The summed E-state index contributed by atoms with van der Waals surface area (Å²) in [6, 6.07) is 25.5. The maximum atomic E-state index is 6.90. The van der Waals surface area contributed by atoms with E-state index in [0.29, 0.717) is 41.8 Å². The average Bonchev–Trinajstić information content (AvgIpc) is 4.13. The molecule has 460 valence electrons. The maximum Gasteiger partial charge on any atom is 0.213 e. The molecule has 3 aliphatic heterocycles. The van der Waals surface area contributed by atoms with Gasteiger partial charge in [0, 0.05) is 116 Å². The highest BCUT2D eigenvalue weighted by Gasteiger charge is 2.43. The van der Waals surface area contributed by atoms with Crippen LogP contribution in [0.25, 0.3) is 0 Å². The van der Waals surface area contributed by atoms with Gasteiger partial charge in [-0.2, -0.15) is 0 Å². The lowest BCUT2D eigenvalue weighted by Crippen LogP contribution is -2.59. The standard InChI is InChI=1S/C72H120N8O2/c1-65(2,3)51-78-37-30-61(31-38-78)81-62-42-58(43-62)77-72(18,50-70(15,16)47-53-21-25-60(26-22-53)80-40-29-56(49-80)75-68(10,11)12)35-34-71(17,76-57-44-63(45-57)82-64-41-54(27-36-73-64)66(4,5)6)33-32-69(13,14)46-52-19-23-59(24-20-52)79-39-28-55(48-79)74-67(7,8)9/h19-27,36,41,55-58,61-63,74-77H,28-35,37-40,42-51H2,1-18H3/t55-,56+,57-,58-,62-,63-,71?,72?/m1/s1. The normalized spacial score (nSPS) is 25.2. The van der Waals surface area contributed by atoms with Crippen molar-refractivity contribution in [1.29, 1.82) is 0 Å². The van der Waals surface area contributed by atoms with Gasteiger partial charge in [-0.05, 0) is 220 Å². The van der Waals surface area contributed by atoms with Crippen molar-refractivity contribution in [2.45, 2.75) is 291 Å². The van der Waals surface area contributed by atoms with Crippen LogP contribution in [0.3, 0.4) is 0 Å². The van der Waals surface area contributed by atoms with E-state index in [0.717, 1.165) is 129 Å². The molecule has 2 aromatic carbocycles. The van der Waals surface area contributed by atoms with Crippen LogP contribution in [-0.4, -0.2) is 120 Å². The van der Waals surface area contributed by atoms with Gasteiger partial charge in [0.15, 0.2) is 0 Å². The predicted molar refractivity (Wildman–Crippen MR) is 348 cm³/mol. The highest BCUT2D eigenvalue weighted by molar-refractivity contribution is 5.50. The van der Waals surface area contributed by atoms with Crippen LogP contribution < -0.4 is 35.8 Å². The quantitative estimate of drug-likeness (QED) is 0.0658. The number of ether oxygens (including phenoxy) is 2. The Hall–Kier alpha value is -3.25. The zero-order valence-electron chi connectivity index (χ0n) is 55.6. The smallest absolute Gasteiger partial charge is 0.213 e. The van der Waals surface area contributed by atoms with Crippen LogP contribution in [0.2, 0.25) is 0 Å². The summed E-state index contributed by atoms with van der Waals surface area (Å²) in [5.41, 5.74) is 7.61. The molecular formula is C72H120N8O2. The molecule has 4 atom stereocenters. The zero-order valence-corrected chi connectivity index (χ0v) is 55.6. The van der Waals surface area contributed by atoms with Crippen molar-refractivity contribution >= 4 is 11.4 Å². The third kappa shape index (κ3) is 20.2. The summed E-state index contributed by atoms with van der Waals surface area (Å²) in [7, 11) is 0. The van der Waals surface area contributed by atoms with E-state index in [1.165, 1.54) is 47.5 Å². The molecule has 0 amide bonds. The first-order valence-electron chi connectivity index (χ1n) is 32.9. The molecule has 10 heteroatoms. The SMILES string of the molecule is CC(C)(C)CN1CCC(O[C@H]2C[C@H](NC(C)(CCC(C)(CCC(C)(C)Cc3ccc(N4CC[C@@H](NC(C)(C)C)C4)cc3)N[C@H]3C[C@H](Oc4cc(C(C)(C)C)ccn4)C3)CC(C)(C)Cc3ccc(N4CC[C@H](NC(C)(C)C)C4)cc3)C2)CC1. The van der Waals surface area contributed by atoms with Crippen LogP contribution in [0.4, 0.5) is 11.4 Å². The minimum atomic E-state index is -0.0602. The van der Waals surface area contributed by atoms with Gasteiger partial charge in [0.2, 0.25) is 5.88 Å². The van der Waals surface area contributed by atoms with E-state index in [1.54, 1.807) is 0 Å². The van der Waals surface area contributed by atoms with Crippen molar-refractivity contribution in [3.63, 3.8) is 0 Å². The predicted octanol–water partition coefficient (Wildman–Crippen LogP) is 14.5. The highest BCUT2D eigenvalue weighted by Crippen LogP contribution is 2.42. The highest BCUT2D eigenvalue weighted by atomic mass is 16.5. The summed E-state index contributed by atoms with van der Waals surface area (Å²) in [5.74, 6) is 0.759. The molecule has 82 heavy (non-hydrogen) atoms. The number of likely N-dealkylation sites (tertiary alicyclic amines) is 1. The molecule has 5 aliphatic rings. The molecule has 0 bridgehead atoms. The fraction of sp³-hybridized carbons (Fsp3) is 0.764. The monoisotopic (exact) mass is 1130 g/mol. The number of nitrogens with one attached hydrogen (secondary N) is 4. The summed E-state index contributed by atoms with van der Waals surface area (Å²) < 4.78 is 13.5. The fourth-order valence-corrected chi connectivity index (χ4v) is 14.9. The van der Waals surface area contributed by atoms with Crippen molar-refractivity contribution in [3.8, 4) is 5.88 Å². The van der Waals surface area contributed by atoms with Gasteiger partial charge in [0.1, 0.15) is 6.10 Å². The Morgan fingerprint density at radius 1 is 0.488 bits per heavy atom. The molecule has 2 unspecified atom stereocenters. The number of pyridine rings is 1. The minimum Gasteiger partial charge on any atom is -0.474 e. The van der Waals surface area contributed by atoms with Gasteiger partial charge in [-0.25, -0.2) is 4.98 Å². The lowest BCUT2D eigenvalue weighted by Gasteiger charge is -2.49. The molecule has 3 saturated heterocycles. The van der Waals surface area contributed by atoms with Crippen LogP contribution in [0, 0.1) is 16.2 Å². The van der Waals surface area contributed by atoms with Gasteiger partial charge in [0.05, 0.1) is 12.2 Å². The summed E-state index contributed by atoms with van der Waals surface area (Å²) in [5, 5.41) is 16.5. The number of benzene rings is 2. The summed E-state index contributed by atoms with van der Waals surface area (Å²) in [6.45, 7) is 50.6. The molecule has 1 aromatic heterocycles. The molecule has 3 aromatic rings. The van der Waals surface area contributed by atoms with Crippen molar-refractivity contribution in [2.75, 3.05) is 55.6 Å². The molecule has 2 aliphatic carbocycles. The molecule has 8 rings (SSSR count). The fourth-order valence-electron chi connectivity index (χ4n) is 14.9. The van der Waals surface area contributed by atoms with Gasteiger partial charge < -0.3 is 45.4 Å². The van der Waals surface area contributed by atoms with Gasteiger partial charge in [-0.15, -0.1) is 0 Å². The first-order valence-corrected chi connectivity index (χ1v) is 32.9. The Labute approximate surface area is 502 Å². The lowest BCUT2D eigenvalue weighted by atomic mass is 9.70. The Morgan fingerprint density at radius 3 is 1.46 bits per heavy atom. The van der Waals surface area contributed by atoms with Gasteiger partial charge in [-0.3, -0.25) is 0 Å². The number of anilines is 2. The average molecular weight is 1130 g/mol. The molecule has 10 nitrogen and oxygen atoms in total. The minimum absolute atomic E-state index is 0.0508. The Bertz CT molecular complexity index is 2440. The van der Waals surface area contributed by atoms with Gasteiger partial charge in [0.25, 0.3) is 0 Å². The van der Waals surface area contributed by atoms with E-state index in [9.17, 15) is 0 Å². The number of hydrogen-bond donors (Lipinski definition) is 4. The van der Waals surface area contributed by atoms with Crippen LogP contribution in [-0.2, 0) is 23.0 Å². The van der Waals surface area contributed by atoms with E-state index in [1.807, 2.05) is 6.20 Å². The van der Waals surface area contributed by atoms with Crippen molar-refractivity contribution in [1.82, 2.24) is 31.2 Å². The lowest BCUT2D eigenvalue weighted by molar-refractivity contribution is -0.0900. The second-order valence-corrected chi connectivity index (χ2v) is 33.8. The number of nitrogens with zero attached hydrogens (tertiary/aromatic N) is 4. The molecular weight excluding hydrogens is 1010 g/mol. The van der Waals surface area contributed by atoms with E-state index < -0.39 is 0 Å². The molecule has 4 heterocycles. The third-order valence-electron chi connectivity index (χ3n) is 18.9. The largest absolute Gasteiger partial charge is 0.474 e. The first-order chi connectivity index (χ1) is 38.1. The second-order valence-electron chi connectivity index (χ2n) is 33.8. The summed E-state index contributed by atoms with van der Waals surface area (Å²) in [6.07, 6.45) is 19.5. The maximum absolute atomic E-state index is 6.90. The molecule has 2 saturated carbocycles. The Kier molecular flexibility index (Phi) is 20.5. The van der Waals surface area contributed by atoms with E-state index in [2.05, 4.69) is 226 Å². The number of aromatic nitrogens is 1. The van der Waals surface area contributed by atoms with E-state index in [-0.39, 0.29) is 44.5 Å². The number of piperidine rings is 1. The van der Waals surface area contributed by atoms with E-state index >= 15 is 0 Å². The van der Waals surface area contributed by atoms with Gasteiger partial charge >= 0.3 is 0 Å². The molecule has 4 N–H and O–H groups in total. The first kappa shape index (κ1) is 64.7. The van der Waals surface area contributed by atoms with Crippen molar-refractivity contribution < 1.29 is 9.47 Å².